The fraction of sp³-hybridized carbons (Fsp3) is 1.00. The van der Waals surface area contributed by atoms with E-state index in [-0.39, 0.29) is 16.9 Å². The fourth-order valence-corrected chi connectivity index (χ4v) is 1.99. The van der Waals surface area contributed by atoms with Crippen molar-refractivity contribution in [1.29, 1.82) is 0 Å². The third-order valence-electron chi connectivity index (χ3n) is 4.30. The Hall–Kier alpha value is -0.0400. The van der Waals surface area contributed by atoms with Crippen molar-refractivity contribution >= 4 is 0 Å². The first-order valence-electron chi connectivity index (χ1n) is 4.48. The second-order valence-corrected chi connectivity index (χ2v) is 5.10. The lowest BCUT2D eigenvalue weighted by Gasteiger charge is -2.39. The van der Waals surface area contributed by atoms with Crippen LogP contribution in [0.5, 0.6) is 0 Å². The molecule has 2 atom stereocenters. The number of aliphatic hydroxyl groups is 1. The molecule has 1 rings (SSSR count). The highest BCUT2D eigenvalue weighted by molar-refractivity contribution is 5.01. The van der Waals surface area contributed by atoms with Gasteiger partial charge in [-0.15, -0.1) is 0 Å². The van der Waals surface area contributed by atoms with E-state index in [4.69, 9.17) is 0 Å². The minimum atomic E-state index is -0.118. The molecule has 1 aliphatic rings. The standard InChI is InChI=1S/C10H20O/c1-7-6-8(11)10(4,5)9(7,2)3/h7-8,11H,6H2,1-5H3/t7?,8-/m0/s1. The van der Waals surface area contributed by atoms with Gasteiger partial charge < -0.3 is 5.11 Å². The van der Waals surface area contributed by atoms with Gasteiger partial charge in [-0.25, -0.2) is 0 Å². The molecule has 0 radical (unpaired) electrons. The maximum absolute atomic E-state index is 9.76. The highest BCUT2D eigenvalue weighted by Crippen LogP contribution is 2.55. The molecule has 1 N–H and O–H groups in total. The molecule has 1 saturated carbocycles. The van der Waals surface area contributed by atoms with Crippen molar-refractivity contribution in [3.8, 4) is 0 Å². The molecule has 0 aromatic carbocycles. The van der Waals surface area contributed by atoms with Gasteiger partial charge in [-0.3, -0.25) is 0 Å². The second kappa shape index (κ2) is 2.22. The first-order chi connectivity index (χ1) is 4.80. The zero-order chi connectivity index (χ0) is 8.86. The topological polar surface area (TPSA) is 20.2 Å². The van der Waals surface area contributed by atoms with Gasteiger partial charge in [0.15, 0.2) is 0 Å². The van der Waals surface area contributed by atoms with Gasteiger partial charge in [-0.1, -0.05) is 34.6 Å². The Bertz CT molecular complexity index is 140. The maximum atomic E-state index is 9.76. The van der Waals surface area contributed by atoms with Gasteiger partial charge in [-0.2, -0.15) is 0 Å². The van der Waals surface area contributed by atoms with Crippen LogP contribution in [0.2, 0.25) is 0 Å². The first kappa shape index (κ1) is 9.05. The van der Waals surface area contributed by atoms with E-state index in [0.29, 0.717) is 5.92 Å². The Morgan fingerprint density at radius 2 is 1.55 bits per heavy atom. The van der Waals surface area contributed by atoms with E-state index in [9.17, 15) is 5.11 Å². The van der Waals surface area contributed by atoms with Crippen LogP contribution in [-0.4, -0.2) is 11.2 Å². The molecule has 1 aliphatic carbocycles. The summed E-state index contributed by atoms with van der Waals surface area (Å²) in [6.45, 7) is 11.1. The lowest BCUT2D eigenvalue weighted by atomic mass is 9.67. The van der Waals surface area contributed by atoms with E-state index in [2.05, 4.69) is 34.6 Å². The lowest BCUT2D eigenvalue weighted by Crippen LogP contribution is -2.36. The molecule has 1 nitrogen and oxygen atoms in total. The number of hydrogen-bond acceptors (Lipinski definition) is 1. The van der Waals surface area contributed by atoms with Gasteiger partial charge in [0, 0.05) is 0 Å². The van der Waals surface area contributed by atoms with Crippen molar-refractivity contribution in [3.05, 3.63) is 0 Å². The monoisotopic (exact) mass is 156 g/mol. The van der Waals surface area contributed by atoms with Crippen molar-refractivity contribution in [3.63, 3.8) is 0 Å². The van der Waals surface area contributed by atoms with Gasteiger partial charge in [0.2, 0.25) is 0 Å². The van der Waals surface area contributed by atoms with Crippen molar-refractivity contribution in [2.45, 2.75) is 47.1 Å². The summed E-state index contributed by atoms with van der Waals surface area (Å²) in [5.41, 5.74) is 0.346. The summed E-state index contributed by atoms with van der Waals surface area (Å²) in [5, 5.41) is 9.76. The molecule has 0 bridgehead atoms. The average Bonchev–Trinajstić information content (AvgIpc) is 1.95. The van der Waals surface area contributed by atoms with Crippen LogP contribution in [0.4, 0.5) is 0 Å². The van der Waals surface area contributed by atoms with Gasteiger partial charge in [0.1, 0.15) is 0 Å². The molecular weight excluding hydrogens is 136 g/mol. The van der Waals surface area contributed by atoms with Crippen LogP contribution in [0.1, 0.15) is 41.0 Å². The summed E-state index contributed by atoms with van der Waals surface area (Å²) >= 11 is 0. The Balaban J connectivity index is 2.95. The Kier molecular flexibility index (Phi) is 1.83. The Labute approximate surface area is 69.8 Å². The Morgan fingerprint density at radius 3 is 1.64 bits per heavy atom. The van der Waals surface area contributed by atoms with Gasteiger partial charge >= 0.3 is 0 Å². The van der Waals surface area contributed by atoms with E-state index >= 15 is 0 Å². The second-order valence-electron chi connectivity index (χ2n) is 5.10. The van der Waals surface area contributed by atoms with Gasteiger partial charge in [-0.05, 0) is 23.2 Å². The molecule has 0 aliphatic heterocycles. The predicted molar refractivity (Wildman–Crippen MR) is 47.3 cm³/mol. The van der Waals surface area contributed by atoms with Crippen LogP contribution >= 0.6 is 0 Å². The molecule has 1 fully saturated rings. The zero-order valence-electron chi connectivity index (χ0n) is 8.31. The zero-order valence-corrected chi connectivity index (χ0v) is 8.31. The molecule has 0 amide bonds. The molecule has 0 saturated heterocycles. The Morgan fingerprint density at radius 1 is 1.09 bits per heavy atom. The summed E-state index contributed by atoms with van der Waals surface area (Å²) in [4.78, 5) is 0. The van der Waals surface area contributed by atoms with E-state index < -0.39 is 0 Å². The molecule has 1 heteroatoms. The van der Waals surface area contributed by atoms with Crippen LogP contribution in [-0.2, 0) is 0 Å². The van der Waals surface area contributed by atoms with E-state index in [1.54, 1.807) is 0 Å². The quantitative estimate of drug-likeness (QED) is 0.571. The van der Waals surface area contributed by atoms with Gasteiger partial charge in [0.25, 0.3) is 0 Å². The summed E-state index contributed by atoms with van der Waals surface area (Å²) in [6, 6.07) is 0. The molecule has 11 heavy (non-hydrogen) atoms. The first-order valence-corrected chi connectivity index (χ1v) is 4.48. The number of hydrogen-bond donors (Lipinski definition) is 1. The van der Waals surface area contributed by atoms with Crippen molar-refractivity contribution in [2.24, 2.45) is 16.7 Å². The summed E-state index contributed by atoms with van der Waals surface area (Å²) in [6.07, 6.45) is 0.840. The van der Waals surface area contributed by atoms with Crippen LogP contribution in [0.15, 0.2) is 0 Å². The molecule has 0 aromatic rings. The summed E-state index contributed by atoms with van der Waals surface area (Å²) in [7, 11) is 0. The van der Waals surface area contributed by atoms with E-state index in [0.717, 1.165) is 6.42 Å². The minimum absolute atomic E-state index is 0.0758. The van der Waals surface area contributed by atoms with Gasteiger partial charge in [0.05, 0.1) is 6.10 Å². The van der Waals surface area contributed by atoms with Crippen LogP contribution in [0, 0.1) is 16.7 Å². The highest BCUT2D eigenvalue weighted by atomic mass is 16.3. The number of aliphatic hydroxyl groups excluding tert-OH is 1. The minimum Gasteiger partial charge on any atom is -0.393 e. The third-order valence-corrected chi connectivity index (χ3v) is 4.30. The molecule has 0 spiro atoms. The van der Waals surface area contributed by atoms with Crippen molar-refractivity contribution in [2.75, 3.05) is 0 Å². The highest BCUT2D eigenvalue weighted by Gasteiger charge is 2.52. The third kappa shape index (κ3) is 1.01. The van der Waals surface area contributed by atoms with E-state index in [1.807, 2.05) is 0 Å². The van der Waals surface area contributed by atoms with Crippen LogP contribution < -0.4 is 0 Å². The number of rotatable bonds is 0. The molecule has 1 unspecified atom stereocenters. The lowest BCUT2D eigenvalue weighted by molar-refractivity contribution is 0.0148. The maximum Gasteiger partial charge on any atom is 0.0599 e. The summed E-state index contributed by atoms with van der Waals surface area (Å²) < 4.78 is 0. The molecule has 66 valence electrons. The largest absolute Gasteiger partial charge is 0.393 e. The summed E-state index contributed by atoms with van der Waals surface area (Å²) in [5.74, 6) is 0.632. The average molecular weight is 156 g/mol. The fourth-order valence-electron chi connectivity index (χ4n) is 1.99. The van der Waals surface area contributed by atoms with Crippen LogP contribution in [0.25, 0.3) is 0 Å². The smallest absolute Gasteiger partial charge is 0.0599 e. The van der Waals surface area contributed by atoms with Crippen molar-refractivity contribution in [1.82, 2.24) is 0 Å². The SMILES string of the molecule is CC1C[C@H](O)C(C)(C)C1(C)C. The molecular formula is C10H20O. The molecule has 0 heterocycles. The predicted octanol–water partition coefficient (Wildman–Crippen LogP) is 2.44. The normalized spacial score (nSPS) is 40.9. The van der Waals surface area contributed by atoms with Crippen LogP contribution in [0.3, 0.4) is 0 Å². The van der Waals surface area contributed by atoms with Crippen molar-refractivity contribution < 1.29 is 5.11 Å². The molecule has 0 aromatic heterocycles. The van der Waals surface area contributed by atoms with E-state index in [1.165, 1.54) is 0 Å².